The standard InChI is InChI=1S/C13H24N2O2/c16-10-4-6-11-5-3-9-15(11)13(17)12-7-1-2-8-14-12/h11-12,14,16H,1-10H2/t11?,12-/m1/s1. The molecule has 2 heterocycles. The average Bonchev–Trinajstić information content (AvgIpc) is 2.84. The zero-order valence-corrected chi connectivity index (χ0v) is 10.5. The number of carbonyl (C=O) groups excluding carboxylic acids is 1. The number of hydrogen-bond donors (Lipinski definition) is 2. The van der Waals surface area contributed by atoms with Gasteiger partial charge in [-0.25, -0.2) is 0 Å². The first-order chi connectivity index (χ1) is 8.33. The van der Waals surface area contributed by atoms with E-state index in [1.54, 1.807) is 0 Å². The first-order valence-electron chi connectivity index (χ1n) is 6.97. The van der Waals surface area contributed by atoms with Crippen LogP contribution >= 0.6 is 0 Å². The van der Waals surface area contributed by atoms with Gasteiger partial charge in [-0.3, -0.25) is 4.79 Å². The molecule has 0 aromatic heterocycles. The summed E-state index contributed by atoms with van der Waals surface area (Å²) in [7, 11) is 0. The Labute approximate surface area is 103 Å². The molecule has 1 unspecified atom stereocenters. The van der Waals surface area contributed by atoms with Gasteiger partial charge in [0, 0.05) is 19.2 Å². The largest absolute Gasteiger partial charge is 0.396 e. The molecule has 0 aromatic carbocycles. The number of aliphatic hydroxyl groups excluding tert-OH is 1. The zero-order valence-electron chi connectivity index (χ0n) is 10.5. The minimum atomic E-state index is 0.0541. The Hall–Kier alpha value is -0.610. The van der Waals surface area contributed by atoms with Gasteiger partial charge in [0.15, 0.2) is 0 Å². The van der Waals surface area contributed by atoms with E-state index in [2.05, 4.69) is 10.2 Å². The number of aliphatic hydroxyl groups is 1. The molecule has 4 heteroatoms. The monoisotopic (exact) mass is 240 g/mol. The van der Waals surface area contributed by atoms with Crippen molar-refractivity contribution < 1.29 is 9.90 Å². The number of amides is 1. The maximum Gasteiger partial charge on any atom is 0.239 e. The molecule has 2 saturated heterocycles. The van der Waals surface area contributed by atoms with Crippen molar-refractivity contribution in [1.29, 1.82) is 0 Å². The number of nitrogens with zero attached hydrogens (tertiary/aromatic N) is 1. The molecule has 0 aliphatic carbocycles. The summed E-state index contributed by atoms with van der Waals surface area (Å²) in [5.41, 5.74) is 0. The van der Waals surface area contributed by atoms with E-state index in [4.69, 9.17) is 5.11 Å². The van der Waals surface area contributed by atoms with Crippen LogP contribution in [0.5, 0.6) is 0 Å². The highest BCUT2D eigenvalue weighted by Crippen LogP contribution is 2.23. The second-order valence-electron chi connectivity index (χ2n) is 5.20. The fourth-order valence-corrected chi connectivity index (χ4v) is 3.02. The number of nitrogens with one attached hydrogen (secondary N) is 1. The lowest BCUT2D eigenvalue weighted by molar-refractivity contribution is -0.135. The highest BCUT2D eigenvalue weighted by molar-refractivity contribution is 5.82. The summed E-state index contributed by atoms with van der Waals surface area (Å²) in [6, 6.07) is 0.428. The Morgan fingerprint density at radius 1 is 1.29 bits per heavy atom. The lowest BCUT2D eigenvalue weighted by Crippen LogP contribution is -2.50. The Balaban J connectivity index is 1.88. The summed E-state index contributed by atoms with van der Waals surface area (Å²) in [5, 5.41) is 12.2. The molecule has 0 aromatic rings. The van der Waals surface area contributed by atoms with Crippen LogP contribution in [-0.2, 0) is 4.79 Å². The zero-order chi connectivity index (χ0) is 12.1. The fourth-order valence-electron chi connectivity index (χ4n) is 3.02. The molecule has 2 atom stereocenters. The fraction of sp³-hybridized carbons (Fsp3) is 0.923. The van der Waals surface area contributed by atoms with Crippen LogP contribution in [0.3, 0.4) is 0 Å². The highest BCUT2D eigenvalue weighted by atomic mass is 16.3. The van der Waals surface area contributed by atoms with E-state index in [0.717, 1.165) is 45.2 Å². The molecule has 2 aliphatic heterocycles. The number of likely N-dealkylation sites (tertiary alicyclic amines) is 1. The summed E-state index contributed by atoms with van der Waals surface area (Å²) >= 11 is 0. The molecule has 0 saturated carbocycles. The normalized spacial score (nSPS) is 29.6. The Morgan fingerprint density at radius 3 is 2.88 bits per heavy atom. The molecular formula is C13H24N2O2. The van der Waals surface area contributed by atoms with Crippen LogP contribution in [0, 0.1) is 0 Å². The van der Waals surface area contributed by atoms with E-state index in [-0.39, 0.29) is 12.6 Å². The topological polar surface area (TPSA) is 52.6 Å². The summed E-state index contributed by atoms with van der Waals surface area (Å²) in [6.07, 6.45) is 7.34. The van der Waals surface area contributed by atoms with Crippen molar-refractivity contribution in [1.82, 2.24) is 10.2 Å². The predicted molar refractivity (Wildman–Crippen MR) is 66.7 cm³/mol. The van der Waals surface area contributed by atoms with Crippen LogP contribution in [-0.4, -0.2) is 47.7 Å². The average molecular weight is 240 g/mol. The van der Waals surface area contributed by atoms with Gasteiger partial charge in [0.1, 0.15) is 0 Å². The molecule has 17 heavy (non-hydrogen) atoms. The molecule has 2 N–H and O–H groups in total. The van der Waals surface area contributed by atoms with E-state index in [1.165, 1.54) is 12.8 Å². The van der Waals surface area contributed by atoms with E-state index >= 15 is 0 Å². The van der Waals surface area contributed by atoms with Gasteiger partial charge in [0.25, 0.3) is 0 Å². The summed E-state index contributed by atoms with van der Waals surface area (Å²) in [4.78, 5) is 14.4. The molecule has 1 amide bonds. The minimum absolute atomic E-state index is 0.0541. The Kier molecular flexibility index (Phi) is 4.80. The molecule has 4 nitrogen and oxygen atoms in total. The number of rotatable bonds is 4. The van der Waals surface area contributed by atoms with Gasteiger partial charge in [-0.15, -0.1) is 0 Å². The van der Waals surface area contributed by atoms with Crippen LogP contribution in [0.25, 0.3) is 0 Å². The van der Waals surface area contributed by atoms with E-state index < -0.39 is 0 Å². The van der Waals surface area contributed by atoms with Crippen LogP contribution in [0.1, 0.15) is 44.9 Å². The molecule has 0 bridgehead atoms. The third kappa shape index (κ3) is 3.19. The van der Waals surface area contributed by atoms with Crippen LogP contribution < -0.4 is 5.32 Å². The van der Waals surface area contributed by atoms with Crippen molar-refractivity contribution in [3.05, 3.63) is 0 Å². The third-order valence-electron chi connectivity index (χ3n) is 3.96. The highest BCUT2D eigenvalue weighted by Gasteiger charge is 2.32. The maximum absolute atomic E-state index is 12.4. The molecule has 2 rings (SSSR count). The third-order valence-corrected chi connectivity index (χ3v) is 3.96. The predicted octanol–water partition coefficient (Wildman–Crippen LogP) is 0.892. The first kappa shape index (κ1) is 12.8. The smallest absolute Gasteiger partial charge is 0.239 e. The van der Waals surface area contributed by atoms with Gasteiger partial charge >= 0.3 is 0 Å². The summed E-state index contributed by atoms with van der Waals surface area (Å²) in [5.74, 6) is 0.296. The molecule has 2 fully saturated rings. The van der Waals surface area contributed by atoms with Gasteiger partial charge in [0.2, 0.25) is 5.91 Å². The van der Waals surface area contributed by atoms with Crippen molar-refractivity contribution >= 4 is 5.91 Å². The minimum Gasteiger partial charge on any atom is -0.396 e. The molecule has 2 aliphatic rings. The first-order valence-corrected chi connectivity index (χ1v) is 6.97. The Morgan fingerprint density at radius 2 is 2.18 bits per heavy atom. The number of carbonyl (C=O) groups is 1. The van der Waals surface area contributed by atoms with Crippen molar-refractivity contribution in [3.63, 3.8) is 0 Å². The van der Waals surface area contributed by atoms with E-state index in [1.807, 2.05) is 0 Å². The van der Waals surface area contributed by atoms with Gasteiger partial charge < -0.3 is 15.3 Å². The van der Waals surface area contributed by atoms with Gasteiger partial charge in [-0.1, -0.05) is 6.42 Å². The summed E-state index contributed by atoms with van der Waals surface area (Å²) in [6.45, 7) is 2.12. The molecule has 98 valence electrons. The quantitative estimate of drug-likeness (QED) is 0.767. The van der Waals surface area contributed by atoms with Crippen molar-refractivity contribution in [2.75, 3.05) is 19.7 Å². The Bertz CT molecular complexity index is 252. The van der Waals surface area contributed by atoms with Gasteiger partial charge in [-0.05, 0) is 45.1 Å². The lowest BCUT2D eigenvalue weighted by Gasteiger charge is -2.31. The van der Waals surface area contributed by atoms with Crippen LogP contribution in [0.4, 0.5) is 0 Å². The lowest BCUT2D eigenvalue weighted by atomic mass is 10.0. The molecular weight excluding hydrogens is 216 g/mol. The van der Waals surface area contributed by atoms with E-state index in [9.17, 15) is 4.79 Å². The van der Waals surface area contributed by atoms with Crippen molar-refractivity contribution in [2.24, 2.45) is 0 Å². The summed E-state index contributed by atoms with van der Waals surface area (Å²) < 4.78 is 0. The second-order valence-corrected chi connectivity index (χ2v) is 5.20. The molecule has 0 radical (unpaired) electrons. The maximum atomic E-state index is 12.4. The SMILES string of the molecule is O=C([C@H]1CCCCN1)N1CCCC1CCCO. The van der Waals surface area contributed by atoms with Crippen LogP contribution in [0.2, 0.25) is 0 Å². The van der Waals surface area contributed by atoms with Gasteiger partial charge in [-0.2, -0.15) is 0 Å². The van der Waals surface area contributed by atoms with Crippen molar-refractivity contribution in [3.8, 4) is 0 Å². The van der Waals surface area contributed by atoms with E-state index in [0.29, 0.717) is 11.9 Å². The molecule has 0 spiro atoms. The van der Waals surface area contributed by atoms with Crippen LogP contribution in [0.15, 0.2) is 0 Å². The number of hydrogen-bond acceptors (Lipinski definition) is 3. The van der Waals surface area contributed by atoms with Gasteiger partial charge in [0.05, 0.1) is 6.04 Å². The van der Waals surface area contributed by atoms with Crippen molar-refractivity contribution in [2.45, 2.75) is 57.0 Å². The second kappa shape index (κ2) is 6.36. The number of piperidine rings is 1.